The van der Waals surface area contributed by atoms with E-state index < -0.39 is 0 Å². The number of rotatable bonds is 0. The molecule has 1 heterocycles. The van der Waals surface area contributed by atoms with Gasteiger partial charge in [-0.05, 0) is 6.42 Å². The molecule has 0 atom stereocenters. The van der Waals surface area contributed by atoms with Crippen LogP contribution in [0.25, 0.3) is 0 Å². The monoisotopic (exact) mass is 88.1 g/mol. The summed E-state index contributed by atoms with van der Waals surface area (Å²) >= 11 is 0. The molecule has 6 heavy (non-hydrogen) atoms. The zero-order chi connectivity index (χ0) is 3.54. The van der Waals surface area contributed by atoms with Gasteiger partial charge in [0.05, 0.1) is 13.1 Å². The molecule has 1 aliphatic rings. The molecule has 0 saturated carbocycles. The lowest BCUT2D eigenvalue weighted by Crippen LogP contribution is -1.68. The van der Waals surface area contributed by atoms with Crippen molar-refractivity contribution in [1.82, 2.24) is 0 Å². The van der Waals surface area contributed by atoms with E-state index in [2.05, 4.69) is 10.2 Å². The summed E-state index contributed by atoms with van der Waals surface area (Å²) in [5.74, 6) is 0. The zero-order valence-corrected chi connectivity index (χ0v) is 3.52. The molecule has 0 unspecified atom stereocenters. The SMILES string of the molecule is C1CN=NC1.O. The van der Waals surface area contributed by atoms with Crippen molar-refractivity contribution in [3.63, 3.8) is 0 Å². The predicted octanol–water partition coefficient (Wildman–Crippen LogP) is 0.0176. The van der Waals surface area contributed by atoms with E-state index in [0.717, 1.165) is 13.1 Å². The lowest BCUT2D eigenvalue weighted by Gasteiger charge is -1.63. The molecule has 0 saturated heterocycles. The average molecular weight is 88.1 g/mol. The lowest BCUT2D eigenvalue weighted by molar-refractivity contribution is 0.824. The fraction of sp³-hybridized carbons (Fsp3) is 1.00. The van der Waals surface area contributed by atoms with Crippen molar-refractivity contribution in [1.29, 1.82) is 0 Å². The highest BCUT2D eigenvalue weighted by atomic mass is 16.0. The molecule has 0 aromatic rings. The van der Waals surface area contributed by atoms with E-state index in [1.165, 1.54) is 6.42 Å². The van der Waals surface area contributed by atoms with Crippen LogP contribution < -0.4 is 0 Å². The number of azo groups is 1. The Hall–Kier alpha value is -0.440. The van der Waals surface area contributed by atoms with Crippen LogP contribution in [0.15, 0.2) is 10.2 Å². The normalized spacial score (nSPS) is 17.3. The van der Waals surface area contributed by atoms with Crippen LogP contribution in [-0.4, -0.2) is 18.6 Å². The summed E-state index contributed by atoms with van der Waals surface area (Å²) < 4.78 is 0. The summed E-state index contributed by atoms with van der Waals surface area (Å²) in [4.78, 5) is 0. The van der Waals surface area contributed by atoms with E-state index in [0.29, 0.717) is 0 Å². The summed E-state index contributed by atoms with van der Waals surface area (Å²) in [7, 11) is 0. The highest BCUT2D eigenvalue weighted by Gasteiger charge is 1.87. The minimum atomic E-state index is 0. The summed E-state index contributed by atoms with van der Waals surface area (Å²) in [6.45, 7) is 1.92. The summed E-state index contributed by atoms with van der Waals surface area (Å²) in [6.07, 6.45) is 1.17. The highest BCUT2D eigenvalue weighted by molar-refractivity contribution is 4.50. The van der Waals surface area contributed by atoms with Crippen molar-refractivity contribution < 1.29 is 5.48 Å². The predicted molar refractivity (Wildman–Crippen MR) is 22.8 cm³/mol. The largest absolute Gasteiger partial charge is 0.412 e. The van der Waals surface area contributed by atoms with Gasteiger partial charge in [-0.2, -0.15) is 10.2 Å². The third-order valence-electron chi connectivity index (χ3n) is 0.616. The van der Waals surface area contributed by atoms with Crippen LogP contribution in [0.1, 0.15) is 6.42 Å². The van der Waals surface area contributed by atoms with Crippen molar-refractivity contribution in [3.8, 4) is 0 Å². The molecule has 0 fully saturated rings. The van der Waals surface area contributed by atoms with Gasteiger partial charge in [-0.1, -0.05) is 0 Å². The van der Waals surface area contributed by atoms with Crippen LogP contribution in [0, 0.1) is 0 Å². The molecule has 0 aromatic heterocycles. The Morgan fingerprint density at radius 1 is 1.00 bits per heavy atom. The van der Waals surface area contributed by atoms with E-state index in [1.807, 2.05) is 0 Å². The van der Waals surface area contributed by atoms with E-state index in [-0.39, 0.29) is 5.48 Å². The van der Waals surface area contributed by atoms with Gasteiger partial charge in [-0.3, -0.25) is 0 Å². The Bertz CT molecular complexity index is 46.8. The Balaban J connectivity index is 0.000000250. The van der Waals surface area contributed by atoms with Crippen LogP contribution in [0.4, 0.5) is 0 Å². The summed E-state index contributed by atoms with van der Waals surface area (Å²) in [6, 6.07) is 0. The topological polar surface area (TPSA) is 56.2 Å². The van der Waals surface area contributed by atoms with Gasteiger partial charge in [0, 0.05) is 0 Å². The summed E-state index contributed by atoms with van der Waals surface area (Å²) in [5.41, 5.74) is 0. The molecule has 0 amide bonds. The van der Waals surface area contributed by atoms with Crippen molar-refractivity contribution in [2.45, 2.75) is 6.42 Å². The first-order chi connectivity index (χ1) is 2.50. The van der Waals surface area contributed by atoms with Crippen molar-refractivity contribution in [2.24, 2.45) is 10.2 Å². The maximum absolute atomic E-state index is 3.71. The standard InChI is InChI=1S/C3H6N2.H2O/c1-2-4-5-3-1;/h1-3H2;1H2. The molecule has 0 aliphatic carbocycles. The maximum atomic E-state index is 3.71. The van der Waals surface area contributed by atoms with Crippen molar-refractivity contribution in [2.75, 3.05) is 13.1 Å². The Labute approximate surface area is 36.4 Å². The van der Waals surface area contributed by atoms with Crippen LogP contribution >= 0.6 is 0 Å². The molecule has 36 valence electrons. The van der Waals surface area contributed by atoms with Gasteiger partial charge < -0.3 is 5.48 Å². The van der Waals surface area contributed by atoms with Crippen molar-refractivity contribution in [3.05, 3.63) is 0 Å². The fourth-order valence-electron chi connectivity index (χ4n) is 0.354. The quantitative estimate of drug-likeness (QED) is 0.401. The first-order valence-corrected chi connectivity index (χ1v) is 1.83. The van der Waals surface area contributed by atoms with Gasteiger partial charge in [0.25, 0.3) is 0 Å². The van der Waals surface area contributed by atoms with Crippen molar-refractivity contribution >= 4 is 0 Å². The van der Waals surface area contributed by atoms with E-state index in [9.17, 15) is 0 Å². The molecule has 0 bridgehead atoms. The number of hydrogen-bond donors (Lipinski definition) is 0. The maximum Gasteiger partial charge on any atom is 0.0617 e. The average Bonchev–Trinajstić information content (AvgIpc) is 1.76. The van der Waals surface area contributed by atoms with Gasteiger partial charge in [0.15, 0.2) is 0 Å². The van der Waals surface area contributed by atoms with Crippen LogP contribution in [0.3, 0.4) is 0 Å². The van der Waals surface area contributed by atoms with Crippen LogP contribution in [0.5, 0.6) is 0 Å². The van der Waals surface area contributed by atoms with E-state index in [1.54, 1.807) is 0 Å². The molecular formula is C3H8N2O. The molecule has 1 rings (SSSR count). The minimum absolute atomic E-state index is 0. The molecule has 0 aromatic carbocycles. The molecule has 3 nitrogen and oxygen atoms in total. The molecular weight excluding hydrogens is 80.0 g/mol. The Morgan fingerprint density at radius 2 is 1.50 bits per heavy atom. The smallest absolute Gasteiger partial charge is 0.0617 e. The molecule has 0 spiro atoms. The van der Waals surface area contributed by atoms with Gasteiger partial charge >= 0.3 is 0 Å². The lowest BCUT2D eigenvalue weighted by atomic mass is 10.5. The second kappa shape index (κ2) is 2.78. The fourth-order valence-corrected chi connectivity index (χ4v) is 0.354. The molecule has 0 radical (unpaired) electrons. The van der Waals surface area contributed by atoms with E-state index in [4.69, 9.17) is 0 Å². The van der Waals surface area contributed by atoms with Crippen LogP contribution in [0.2, 0.25) is 0 Å². The third kappa shape index (κ3) is 1.12. The number of nitrogens with zero attached hydrogens (tertiary/aromatic N) is 2. The zero-order valence-electron chi connectivity index (χ0n) is 3.52. The first-order valence-electron chi connectivity index (χ1n) is 1.83. The molecule has 2 N–H and O–H groups in total. The van der Waals surface area contributed by atoms with E-state index >= 15 is 0 Å². The van der Waals surface area contributed by atoms with Gasteiger partial charge in [0.1, 0.15) is 0 Å². The van der Waals surface area contributed by atoms with Gasteiger partial charge in [-0.15, -0.1) is 0 Å². The Morgan fingerprint density at radius 3 is 1.67 bits per heavy atom. The van der Waals surface area contributed by atoms with Gasteiger partial charge in [-0.25, -0.2) is 0 Å². The summed E-state index contributed by atoms with van der Waals surface area (Å²) in [5, 5.41) is 7.42. The first kappa shape index (κ1) is 5.56. The molecule has 1 aliphatic heterocycles. The minimum Gasteiger partial charge on any atom is -0.412 e. The second-order valence-corrected chi connectivity index (χ2v) is 1.08. The van der Waals surface area contributed by atoms with Gasteiger partial charge in [0.2, 0.25) is 0 Å². The second-order valence-electron chi connectivity index (χ2n) is 1.08. The number of hydrogen-bond acceptors (Lipinski definition) is 2. The molecule has 3 heteroatoms. The van der Waals surface area contributed by atoms with Crippen LogP contribution in [-0.2, 0) is 0 Å². The highest BCUT2D eigenvalue weighted by Crippen LogP contribution is 1.91. The Kier molecular flexibility index (Phi) is 2.58. The third-order valence-corrected chi connectivity index (χ3v) is 0.616.